The minimum atomic E-state index is -0.387. The molecule has 7 nitrogen and oxygen atoms in total. The number of pyridine rings is 1. The van der Waals surface area contributed by atoms with Crippen molar-refractivity contribution in [2.75, 3.05) is 33.2 Å². The first-order valence-electron chi connectivity index (χ1n) is 12.3. The molecule has 0 unspecified atom stereocenters. The summed E-state index contributed by atoms with van der Waals surface area (Å²) in [5.41, 5.74) is 1.77. The molecule has 180 valence electrons. The van der Waals surface area contributed by atoms with E-state index in [0.717, 1.165) is 30.4 Å². The van der Waals surface area contributed by atoms with Crippen LogP contribution in [-0.4, -0.2) is 70.6 Å². The molecule has 35 heavy (non-hydrogen) atoms. The molecule has 1 aromatic heterocycles. The topological polar surface area (TPSA) is 73.8 Å². The molecule has 2 aromatic rings. The van der Waals surface area contributed by atoms with E-state index in [4.69, 9.17) is 0 Å². The molecule has 2 atom stereocenters. The Morgan fingerprint density at radius 3 is 2.40 bits per heavy atom. The van der Waals surface area contributed by atoms with Crippen LogP contribution < -0.4 is 0 Å². The molecule has 3 amide bonds. The van der Waals surface area contributed by atoms with Crippen molar-refractivity contribution in [1.82, 2.24) is 19.7 Å². The summed E-state index contributed by atoms with van der Waals surface area (Å²) in [5.74, 6) is 5.25. The van der Waals surface area contributed by atoms with E-state index >= 15 is 0 Å². The second-order valence-corrected chi connectivity index (χ2v) is 9.96. The van der Waals surface area contributed by atoms with E-state index in [9.17, 15) is 14.4 Å². The second kappa shape index (κ2) is 9.53. The molecule has 1 aromatic carbocycles. The quantitative estimate of drug-likeness (QED) is 0.633. The van der Waals surface area contributed by atoms with Crippen molar-refractivity contribution in [2.45, 2.75) is 31.7 Å². The molecule has 7 heteroatoms. The number of hydrogen-bond donors (Lipinski definition) is 0. The Morgan fingerprint density at radius 1 is 1.00 bits per heavy atom. The van der Waals surface area contributed by atoms with Gasteiger partial charge in [-0.05, 0) is 48.4 Å². The van der Waals surface area contributed by atoms with Gasteiger partial charge in [0.25, 0.3) is 5.91 Å². The highest BCUT2D eigenvalue weighted by molar-refractivity contribution is 5.94. The zero-order chi connectivity index (χ0) is 24.4. The van der Waals surface area contributed by atoms with Crippen LogP contribution in [0.3, 0.4) is 0 Å². The highest BCUT2D eigenvalue weighted by atomic mass is 16.2. The largest absolute Gasteiger partial charge is 0.342 e. The third-order valence-electron chi connectivity index (χ3n) is 7.88. The van der Waals surface area contributed by atoms with Crippen LogP contribution in [0, 0.1) is 23.2 Å². The summed E-state index contributed by atoms with van der Waals surface area (Å²) in [5, 5.41) is 0. The normalized spacial score (nSPS) is 23.3. The molecule has 1 spiro atoms. The van der Waals surface area contributed by atoms with E-state index in [1.165, 1.54) is 0 Å². The molecule has 3 aliphatic heterocycles. The highest BCUT2D eigenvalue weighted by Crippen LogP contribution is 2.43. The van der Waals surface area contributed by atoms with Gasteiger partial charge in [-0.1, -0.05) is 30.2 Å². The van der Waals surface area contributed by atoms with Crippen molar-refractivity contribution in [3.05, 3.63) is 66.0 Å². The van der Waals surface area contributed by atoms with E-state index < -0.39 is 0 Å². The minimum Gasteiger partial charge on any atom is -0.342 e. The number of carbonyl (C=O) groups excluding carboxylic acids is 3. The van der Waals surface area contributed by atoms with Crippen molar-refractivity contribution < 1.29 is 14.4 Å². The fourth-order valence-corrected chi connectivity index (χ4v) is 5.77. The first-order chi connectivity index (χ1) is 17.0. The van der Waals surface area contributed by atoms with Gasteiger partial charge in [-0.2, -0.15) is 0 Å². The van der Waals surface area contributed by atoms with Crippen molar-refractivity contribution in [1.29, 1.82) is 0 Å². The van der Waals surface area contributed by atoms with Crippen LogP contribution in [0.15, 0.2) is 54.9 Å². The number of nitrogens with zero attached hydrogens (tertiary/aromatic N) is 4. The Kier molecular flexibility index (Phi) is 6.29. The maximum atomic E-state index is 13.6. The zero-order valence-electron chi connectivity index (χ0n) is 20.0. The number of benzene rings is 1. The number of hydrogen-bond acceptors (Lipinski definition) is 4. The van der Waals surface area contributed by atoms with E-state index in [2.05, 4.69) is 16.8 Å². The van der Waals surface area contributed by atoms with Crippen LogP contribution in [0.25, 0.3) is 0 Å². The molecular formula is C28H30N4O3. The van der Waals surface area contributed by atoms with Gasteiger partial charge in [-0.15, -0.1) is 0 Å². The number of aromatic nitrogens is 1. The lowest BCUT2D eigenvalue weighted by molar-refractivity contribution is -0.136. The van der Waals surface area contributed by atoms with Gasteiger partial charge in [-0.25, -0.2) is 0 Å². The fraction of sp³-hybridized carbons (Fsp3) is 0.429. The summed E-state index contributed by atoms with van der Waals surface area (Å²) < 4.78 is 0. The summed E-state index contributed by atoms with van der Waals surface area (Å²) in [6.07, 6.45) is 6.35. The molecule has 0 aliphatic carbocycles. The first kappa shape index (κ1) is 23.1. The Hall–Kier alpha value is -3.66. The molecule has 3 aliphatic rings. The summed E-state index contributed by atoms with van der Waals surface area (Å²) in [6, 6.07) is 13.0. The summed E-state index contributed by atoms with van der Waals surface area (Å²) >= 11 is 0. The predicted octanol–water partition coefficient (Wildman–Crippen LogP) is 2.49. The Balaban J connectivity index is 1.21. The summed E-state index contributed by atoms with van der Waals surface area (Å²) in [4.78, 5) is 48.4. The maximum absolute atomic E-state index is 13.6. The third-order valence-corrected chi connectivity index (χ3v) is 7.88. The smallest absolute Gasteiger partial charge is 0.298 e. The number of rotatable bonds is 2. The van der Waals surface area contributed by atoms with Gasteiger partial charge in [0.2, 0.25) is 11.8 Å². The van der Waals surface area contributed by atoms with Crippen LogP contribution in [0.4, 0.5) is 0 Å². The van der Waals surface area contributed by atoms with E-state index in [0.29, 0.717) is 26.2 Å². The predicted molar refractivity (Wildman–Crippen MR) is 131 cm³/mol. The Labute approximate surface area is 206 Å². The Morgan fingerprint density at radius 2 is 1.71 bits per heavy atom. The van der Waals surface area contributed by atoms with Gasteiger partial charge in [0, 0.05) is 63.5 Å². The molecule has 3 saturated heterocycles. The summed E-state index contributed by atoms with van der Waals surface area (Å²) in [7, 11) is 1.77. The van der Waals surface area contributed by atoms with E-state index in [-0.39, 0.29) is 41.5 Å². The number of amides is 3. The maximum Gasteiger partial charge on any atom is 0.298 e. The van der Waals surface area contributed by atoms with E-state index in [1.807, 2.05) is 52.3 Å². The zero-order valence-corrected chi connectivity index (χ0v) is 20.0. The van der Waals surface area contributed by atoms with Gasteiger partial charge in [0.05, 0.1) is 12.0 Å². The van der Waals surface area contributed by atoms with Gasteiger partial charge < -0.3 is 14.7 Å². The first-order valence-corrected chi connectivity index (χ1v) is 12.3. The molecule has 0 bridgehead atoms. The molecule has 3 fully saturated rings. The molecular weight excluding hydrogens is 440 g/mol. The lowest BCUT2D eigenvalue weighted by Crippen LogP contribution is -2.45. The average molecular weight is 471 g/mol. The summed E-state index contributed by atoms with van der Waals surface area (Å²) in [6.45, 7) is 2.72. The number of carbonyl (C=O) groups is 3. The fourth-order valence-electron chi connectivity index (χ4n) is 5.77. The van der Waals surface area contributed by atoms with Crippen LogP contribution in [-0.2, 0) is 14.4 Å². The molecule has 0 N–H and O–H groups in total. The lowest BCUT2D eigenvalue weighted by Gasteiger charge is -2.38. The Bertz CT molecular complexity index is 1160. The molecule has 0 radical (unpaired) electrons. The van der Waals surface area contributed by atoms with Gasteiger partial charge in [0.15, 0.2) is 0 Å². The average Bonchev–Trinajstić information content (AvgIpc) is 3.44. The third kappa shape index (κ3) is 4.66. The minimum absolute atomic E-state index is 0.00505. The van der Waals surface area contributed by atoms with Gasteiger partial charge in [-0.3, -0.25) is 19.4 Å². The van der Waals surface area contributed by atoms with Crippen molar-refractivity contribution in [2.24, 2.45) is 11.3 Å². The molecule has 4 heterocycles. The van der Waals surface area contributed by atoms with Crippen molar-refractivity contribution >= 4 is 17.7 Å². The van der Waals surface area contributed by atoms with Crippen LogP contribution in [0.2, 0.25) is 0 Å². The highest BCUT2D eigenvalue weighted by Gasteiger charge is 2.48. The van der Waals surface area contributed by atoms with Crippen molar-refractivity contribution in [3.63, 3.8) is 0 Å². The van der Waals surface area contributed by atoms with Gasteiger partial charge in [0.1, 0.15) is 0 Å². The van der Waals surface area contributed by atoms with Crippen LogP contribution >= 0.6 is 0 Å². The second-order valence-electron chi connectivity index (χ2n) is 9.96. The van der Waals surface area contributed by atoms with Crippen molar-refractivity contribution in [3.8, 4) is 11.8 Å². The standard InChI is InChI=1S/C28H30N4O3/c1-30-25(34)18-23(26(30)22-8-5-14-29-19-22)27(35)32-17-13-28(20-32)11-15-31(16-12-28)24(33)10-9-21-6-3-2-4-7-21/h2-8,14,19,23,26H,11-13,15-18,20H2,1H3/t23-,26+/m1/s1. The van der Waals surface area contributed by atoms with Crippen LogP contribution in [0.1, 0.15) is 42.9 Å². The van der Waals surface area contributed by atoms with Crippen LogP contribution in [0.5, 0.6) is 0 Å². The van der Waals surface area contributed by atoms with E-state index in [1.54, 1.807) is 24.3 Å². The molecule has 5 rings (SSSR count). The number of piperidine rings is 1. The van der Waals surface area contributed by atoms with Gasteiger partial charge >= 0.3 is 0 Å². The molecule has 0 saturated carbocycles. The SMILES string of the molecule is CN1C(=O)C[C@@H](C(=O)N2CCC3(CCN(C(=O)C#Cc4ccccc4)CC3)C2)[C@@H]1c1cccnc1. The monoisotopic (exact) mass is 470 g/mol. The lowest BCUT2D eigenvalue weighted by atomic mass is 9.77. The number of likely N-dealkylation sites (tertiary alicyclic amines) is 3.